The number of benzene rings is 3. The van der Waals surface area contributed by atoms with Gasteiger partial charge in [-0.3, -0.25) is 0 Å². The average molecular weight is 416 g/mol. The standard InChI is InChI=1S/C22H23ClN2O2S/c1-22(2,3)24-20-17-8-4-6-14-7-5-9-18(19(14)17)21(20)25-28(26,27)16-12-10-15(23)11-13-16/h4-13,20-21,24-25H,1-3H3/p+1/t20-,21+/m0/s1. The molecule has 1 aliphatic carbocycles. The van der Waals surface area contributed by atoms with E-state index in [0.717, 1.165) is 16.3 Å². The molecule has 0 heterocycles. The van der Waals surface area contributed by atoms with Crippen molar-refractivity contribution in [3.63, 3.8) is 0 Å². The first-order chi connectivity index (χ1) is 13.2. The molecule has 4 rings (SSSR count). The van der Waals surface area contributed by atoms with Crippen LogP contribution in [0.2, 0.25) is 5.02 Å². The van der Waals surface area contributed by atoms with Gasteiger partial charge in [0.1, 0.15) is 12.1 Å². The molecule has 0 fully saturated rings. The summed E-state index contributed by atoms with van der Waals surface area (Å²) in [6, 6.07) is 18.2. The van der Waals surface area contributed by atoms with Crippen LogP contribution in [-0.2, 0) is 10.0 Å². The van der Waals surface area contributed by atoms with Gasteiger partial charge in [-0.25, -0.2) is 8.42 Å². The highest BCUT2D eigenvalue weighted by molar-refractivity contribution is 7.89. The third kappa shape index (κ3) is 3.55. The summed E-state index contributed by atoms with van der Waals surface area (Å²) in [4.78, 5) is 0.217. The smallest absolute Gasteiger partial charge is 0.241 e. The summed E-state index contributed by atoms with van der Waals surface area (Å²) in [5, 5.41) is 5.04. The fourth-order valence-electron chi connectivity index (χ4n) is 4.02. The molecule has 0 saturated carbocycles. The van der Waals surface area contributed by atoms with Gasteiger partial charge in [0, 0.05) is 10.6 Å². The molecule has 3 N–H and O–H groups in total. The predicted molar refractivity (Wildman–Crippen MR) is 113 cm³/mol. The van der Waals surface area contributed by atoms with Crippen LogP contribution in [0, 0.1) is 0 Å². The second-order valence-electron chi connectivity index (χ2n) is 8.40. The first kappa shape index (κ1) is 19.4. The Morgan fingerprint density at radius 2 is 1.54 bits per heavy atom. The molecule has 6 heteroatoms. The summed E-state index contributed by atoms with van der Waals surface area (Å²) < 4.78 is 29.2. The Morgan fingerprint density at radius 3 is 2.14 bits per heavy atom. The molecule has 0 aliphatic heterocycles. The van der Waals surface area contributed by atoms with E-state index in [0.29, 0.717) is 5.02 Å². The van der Waals surface area contributed by atoms with Gasteiger partial charge < -0.3 is 5.32 Å². The topological polar surface area (TPSA) is 62.8 Å². The van der Waals surface area contributed by atoms with Crippen LogP contribution in [0.1, 0.15) is 44.0 Å². The highest BCUT2D eigenvalue weighted by Gasteiger charge is 2.41. The van der Waals surface area contributed by atoms with Gasteiger partial charge in [-0.1, -0.05) is 48.0 Å². The van der Waals surface area contributed by atoms with Crippen LogP contribution in [0.15, 0.2) is 65.6 Å². The summed E-state index contributed by atoms with van der Waals surface area (Å²) in [5.74, 6) is 0. The third-order valence-electron chi connectivity index (χ3n) is 5.11. The van der Waals surface area contributed by atoms with E-state index in [1.807, 2.05) is 18.2 Å². The lowest BCUT2D eigenvalue weighted by Gasteiger charge is -2.28. The van der Waals surface area contributed by atoms with Crippen molar-refractivity contribution in [3.8, 4) is 0 Å². The Morgan fingerprint density at radius 1 is 0.929 bits per heavy atom. The second-order valence-corrected chi connectivity index (χ2v) is 10.6. The van der Waals surface area contributed by atoms with Crippen LogP contribution in [0.5, 0.6) is 0 Å². The maximum absolute atomic E-state index is 13.1. The Labute approximate surface area is 171 Å². The molecule has 28 heavy (non-hydrogen) atoms. The van der Waals surface area contributed by atoms with E-state index in [1.165, 1.54) is 17.7 Å². The van der Waals surface area contributed by atoms with Gasteiger partial charge in [-0.15, -0.1) is 0 Å². The van der Waals surface area contributed by atoms with Crippen LogP contribution in [0.3, 0.4) is 0 Å². The van der Waals surface area contributed by atoms with E-state index in [4.69, 9.17) is 11.6 Å². The van der Waals surface area contributed by atoms with Crippen molar-refractivity contribution in [2.24, 2.45) is 0 Å². The monoisotopic (exact) mass is 415 g/mol. The molecule has 2 atom stereocenters. The number of hydrogen-bond donors (Lipinski definition) is 2. The van der Waals surface area contributed by atoms with Crippen molar-refractivity contribution in [1.82, 2.24) is 4.72 Å². The lowest BCUT2D eigenvalue weighted by molar-refractivity contribution is -0.756. The number of sulfonamides is 1. The molecule has 1 aliphatic rings. The van der Waals surface area contributed by atoms with Crippen LogP contribution in [0.25, 0.3) is 10.8 Å². The number of rotatable bonds is 4. The summed E-state index contributed by atoms with van der Waals surface area (Å²) >= 11 is 5.92. The molecule has 4 nitrogen and oxygen atoms in total. The minimum absolute atomic E-state index is 0.0387. The molecule has 0 spiro atoms. The number of halogens is 1. The van der Waals surface area contributed by atoms with E-state index in [1.54, 1.807) is 12.1 Å². The lowest BCUT2D eigenvalue weighted by Crippen LogP contribution is -2.95. The van der Waals surface area contributed by atoms with Crippen molar-refractivity contribution in [1.29, 1.82) is 0 Å². The number of nitrogens with one attached hydrogen (secondary N) is 1. The minimum atomic E-state index is -3.69. The van der Waals surface area contributed by atoms with E-state index in [9.17, 15) is 8.42 Å². The zero-order valence-electron chi connectivity index (χ0n) is 16.1. The van der Waals surface area contributed by atoms with Crippen LogP contribution >= 0.6 is 11.6 Å². The SMILES string of the molecule is CC(C)(C)[NH2+][C@H]1c2cccc3cccc(c23)[C@H]1NS(=O)(=O)c1ccc(Cl)cc1. The maximum atomic E-state index is 13.1. The fourth-order valence-corrected chi connectivity index (χ4v) is 5.38. The molecule has 3 aromatic carbocycles. The maximum Gasteiger partial charge on any atom is 0.241 e. The predicted octanol–water partition coefficient (Wildman–Crippen LogP) is 3.93. The molecule has 146 valence electrons. The molecule has 0 bridgehead atoms. The van der Waals surface area contributed by atoms with Crippen molar-refractivity contribution >= 4 is 32.4 Å². The summed E-state index contributed by atoms with van der Waals surface area (Å²) in [7, 11) is -3.69. The Balaban J connectivity index is 1.80. The number of quaternary nitrogens is 1. The van der Waals surface area contributed by atoms with Crippen molar-refractivity contribution in [2.45, 2.75) is 43.3 Å². The Kier molecular flexibility index (Phi) is 4.74. The summed E-state index contributed by atoms with van der Waals surface area (Å²) in [5.41, 5.74) is 2.14. The number of nitrogens with two attached hydrogens (primary N) is 1. The zero-order chi connectivity index (χ0) is 20.1. The van der Waals surface area contributed by atoms with Crippen LogP contribution < -0.4 is 10.0 Å². The van der Waals surface area contributed by atoms with Crippen LogP contribution in [0.4, 0.5) is 0 Å². The second kappa shape index (κ2) is 6.85. The highest BCUT2D eigenvalue weighted by Crippen LogP contribution is 2.43. The fraction of sp³-hybridized carbons (Fsp3) is 0.273. The van der Waals surface area contributed by atoms with Gasteiger partial charge in [-0.05, 0) is 61.4 Å². The third-order valence-corrected chi connectivity index (χ3v) is 6.82. The van der Waals surface area contributed by atoms with Gasteiger partial charge in [0.15, 0.2) is 0 Å². The first-order valence-corrected chi connectivity index (χ1v) is 11.2. The summed E-state index contributed by atoms with van der Waals surface area (Å²) in [6.07, 6.45) is 0. The normalized spacial score (nSPS) is 19.3. The quantitative estimate of drug-likeness (QED) is 0.678. The molecular formula is C22H24ClN2O2S+. The molecular weight excluding hydrogens is 392 g/mol. The van der Waals surface area contributed by atoms with Crippen LogP contribution in [-0.4, -0.2) is 14.0 Å². The average Bonchev–Trinajstić information content (AvgIpc) is 2.89. The molecule has 0 amide bonds. The van der Waals surface area contributed by atoms with Crippen molar-refractivity contribution < 1.29 is 13.7 Å². The molecule has 0 aromatic heterocycles. The number of hydrogen-bond acceptors (Lipinski definition) is 2. The van der Waals surface area contributed by atoms with Gasteiger partial charge in [0.2, 0.25) is 10.0 Å². The first-order valence-electron chi connectivity index (χ1n) is 9.31. The van der Waals surface area contributed by atoms with E-state index in [2.05, 4.69) is 49.0 Å². The van der Waals surface area contributed by atoms with Crippen molar-refractivity contribution in [3.05, 3.63) is 76.8 Å². The van der Waals surface area contributed by atoms with Gasteiger partial charge in [0.05, 0.1) is 10.4 Å². The highest BCUT2D eigenvalue weighted by atomic mass is 35.5. The van der Waals surface area contributed by atoms with E-state index >= 15 is 0 Å². The zero-order valence-corrected chi connectivity index (χ0v) is 17.7. The minimum Gasteiger partial charge on any atom is -0.334 e. The Hall–Kier alpha value is -1.92. The van der Waals surface area contributed by atoms with Crippen molar-refractivity contribution in [2.75, 3.05) is 0 Å². The Bertz CT molecular complexity index is 1130. The molecule has 0 saturated heterocycles. The molecule has 0 unspecified atom stereocenters. The lowest BCUT2D eigenvalue weighted by atomic mass is 10.0. The van der Waals surface area contributed by atoms with Gasteiger partial charge in [0.25, 0.3) is 0 Å². The van der Waals surface area contributed by atoms with Gasteiger partial charge in [-0.2, -0.15) is 4.72 Å². The molecule has 0 radical (unpaired) electrons. The molecule has 3 aromatic rings. The summed E-state index contributed by atoms with van der Waals surface area (Å²) in [6.45, 7) is 6.42. The largest absolute Gasteiger partial charge is 0.334 e. The van der Waals surface area contributed by atoms with Gasteiger partial charge >= 0.3 is 0 Å². The van der Waals surface area contributed by atoms with E-state index in [-0.39, 0.29) is 22.5 Å². The van der Waals surface area contributed by atoms with E-state index < -0.39 is 10.0 Å².